The maximum absolute atomic E-state index is 10.2. The molecule has 0 unspecified atom stereocenters. The Labute approximate surface area is 54.8 Å². The third-order valence-electron chi connectivity index (χ3n) is 1.68. The van der Waals surface area contributed by atoms with Crippen LogP contribution in [0.25, 0.3) is 0 Å². The summed E-state index contributed by atoms with van der Waals surface area (Å²) in [6.07, 6.45) is 1.78. The standard InChI is InChI=1S/C6H12N2O/c1-6(7)2-3-8(4-6)5-9/h5H,2-4,7H2,1H3/t6-/m0/s1. The topological polar surface area (TPSA) is 46.3 Å². The zero-order valence-electron chi connectivity index (χ0n) is 5.63. The highest BCUT2D eigenvalue weighted by Crippen LogP contribution is 2.15. The average molecular weight is 128 g/mol. The van der Waals surface area contributed by atoms with Gasteiger partial charge >= 0.3 is 0 Å². The van der Waals surface area contributed by atoms with Gasteiger partial charge in [-0.2, -0.15) is 0 Å². The maximum Gasteiger partial charge on any atom is 0.209 e. The van der Waals surface area contributed by atoms with E-state index in [1.807, 2.05) is 6.92 Å². The molecule has 3 nitrogen and oxygen atoms in total. The van der Waals surface area contributed by atoms with Crippen LogP contribution in [0.1, 0.15) is 13.3 Å². The first-order valence-electron chi connectivity index (χ1n) is 3.12. The van der Waals surface area contributed by atoms with Crippen molar-refractivity contribution in [1.29, 1.82) is 0 Å². The van der Waals surface area contributed by atoms with E-state index in [0.29, 0.717) is 6.54 Å². The van der Waals surface area contributed by atoms with Crippen LogP contribution < -0.4 is 5.73 Å². The molecule has 1 fully saturated rings. The molecule has 1 atom stereocenters. The van der Waals surface area contributed by atoms with Crippen molar-refractivity contribution in [3.8, 4) is 0 Å². The summed E-state index contributed by atoms with van der Waals surface area (Å²) in [5, 5.41) is 0. The van der Waals surface area contributed by atoms with Crippen molar-refractivity contribution in [2.24, 2.45) is 5.73 Å². The van der Waals surface area contributed by atoms with E-state index in [0.717, 1.165) is 19.4 Å². The Morgan fingerprint density at radius 3 is 2.67 bits per heavy atom. The Morgan fingerprint density at radius 2 is 2.44 bits per heavy atom. The highest BCUT2D eigenvalue weighted by atomic mass is 16.1. The quantitative estimate of drug-likeness (QED) is 0.487. The lowest BCUT2D eigenvalue weighted by molar-refractivity contribution is -0.117. The predicted molar refractivity (Wildman–Crippen MR) is 34.8 cm³/mol. The lowest BCUT2D eigenvalue weighted by atomic mass is 10.0. The molecule has 0 radical (unpaired) electrons. The second-order valence-electron chi connectivity index (χ2n) is 2.98. The van der Waals surface area contributed by atoms with Gasteiger partial charge in [-0.1, -0.05) is 0 Å². The first-order valence-corrected chi connectivity index (χ1v) is 3.12. The van der Waals surface area contributed by atoms with Crippen LogP contribution in [0, 0.1) is 0 Å². The maximum atomic E-state index is 10.2. The van der Waals surface area contributed by atoms with Crippen LogP contribution in [0.15, 0.2) is 0 Å². The highest BCUT2D eigenvalue weighted by Gasteiger charge is 2.28. The van der Waals surface area contributed by atoms with E-state index in [1.54, 1.807) is 4.90 Å². The largest absolute Gasteiger partial charge is 0.343 e. The molecule has 1 aliphatic rings. The molecule has 2 N–H and O–H groups in total. The Hall–Kier alpha value is -0.570. The molecule has 3 heteroatoms. The molecule has 1 aliphatic heterocycles. The third-order valence-corrected chi connectivity index (χ3v) is 1.68. The molecule has 52 valence electrons. The summed E-state index contributed by atoms with van der Waals surface area (Å²) in [6, 6.07) is 0. The van der Waals surface area contributed by atoms with Gasteiger partial charge in [0.2, 0.25) is 6.41 Å². The van der Waals surface area contributed by atoms with E-state index in [4.69, 9.17) is 5.73 Å². The minimum absolute atomic E-state index is 0.138. The van der Waals surface area contributed by atoms with E-state index in [-0.39, 0.29) is 5.54 Å². The van der Waals surface area contributed by atoms with E-state index in [1.165, 1.54) is 0 Å². The minimum atomic E-state index is -0.138. The molecule has 0 aromatic heterocycles. The van der Waals surface area contributed by atoms with Crippen molar-refractivity contribution in [3.05, 3.63) is 0 Å². The summed E-state index contributed by atoms with van der Waals surface area (Å²) in [4.78, 5) is 11.9. The summed E-state index contributed by atoms with van der Waals surface area (Å²) < 4.78 is 0. The smallest absolute Gasteiger partial charge is 0.209 e. The summed E-state index contributed by atoms with van der Waals surface area (Å²) in [7, 11) is 0. The van der Waals surface area contributed by atoms with Gasteiger partial charge in [-0.05, 0) is 13.3 Å². The number of hydrogen-bond acceptors (Lipinski definition) is 2. The number of rotatable bonds is 1. The van der Waals surface area contributed by atoms with Crippen molar-refractivity contribution in [2.45, 2.75) is 18.9 Å². The second-order valence-corrected chi connectivity index (χ2v) is 2.98. The van der Waals surface area contributed by atoms with Crippen molar-refractivity contribution < 1.29 is 4.79 Å². The normalized spacial score (nSPS) is 35.1. The average Bonchev–Trinajstić information content (AvgIpc) is 2.10. The van der Waals surface area contributed by atoms with E-state index in [2.05, 4.69) is 0 Å². The molecule has 1 rings (SSSR count). The van der Waals surface area contributed by atoms with Gasteiger partial charge in [-0.3, -0.25) is 4.79 Å². The molecule has 9 heavy (non-hydrogen) atoms. The fraction of sp³-hybridized carbons (Fsp3) is 0.833. The fourth-order valence-corrected chi connectivity index (χ4v) is 1.11. The summed E-state index contributed by atoms with van der Waals surface area (Å²) in [5.74, 6) is 0. The number of nitrogens with zero attached hydrogens (tertiary/aromatic N) is 1. The van der Waals surface area contributed by atoms with Gasteiger partial charge in [0, 0.05) is 18.6 Å². The van der Waals surface area contributed by atoms with Crippen LogP contribution in [-0.4, -0.2) is 29.9 Å². The molecule has 1 amide bonds. The Bertz CT molecular complexity index is 122. The summed E-state index contributed by atoms with van der Waals surface area (Å²) in [6.45, 7) is 3.49. The number of hydrogen-bond donors (Lipinski definition) is 1. The monoisotopic (exact) mass is 128 g/mol. The first kappa shape index (κ1) is 6.55. The van der Waals surface area contributed by atoms with Gasteiger partial charge < -0.3 is 10.6 Å². The van der Waals surface area contributed by atoms with Gasteiger partial charge in [0.15, 0.2) is 0 Å². The lowest BCUT2D eigenvalue weighted by Crippen LogP contribution is -2.38. The van der Waals surface area contributed by atoms with E-state index in [9.17, 15) is 4.79 Å². The first-order chi connectivity index (χ1) is 4.14. The molecule has 0 aromatic carbocycles. The van der Waals surface area contributed by atoms with Crippen molar-refractivity contribution in [3.63, 3.8) is 0 Å². The highest BCUT2D eigenvalue weighted by molar-refractivity contribution is 5.48. The summed E-state index contributed by atoms with van der Waals surface area (Å²) in [5.41, 5.74) is 5.61. The molecule has 1 saturated heterocycles. The van der Waals surface area contributed by atoms with Gasteiger partial charge in [0.1, 0.15) is 0 Å². The Kier molecular flexibility index (Phi) is 1.45. The van der Waals surface area contributed by atoms with Crippen LogP contribution in [-0.2, 0) is 4.79 Å². The van der Waals surface area contributed by atoms with Gasteiger partial charge in [-0.15, -0.1) is 0 Å². The predicted octanol–water partition coefficient (Wildman–Crippen LogP) is -0.434. The lowest BCUT2D eigenvalue weighted by Gasteiger charge is -2.15. The SMILES string of the molecule is C[C@]1(N)CCN(C=O)C1. The van der Waals surface area contributed by atoms with Crippen molar-refractivity contribution >= 4 is 6.41 Å². The zero-order valence-corrected chi connectivity index (χ0v) is 5.63. The van der Waals surface area contributed by atoms with Crippen LogP contribution in [0.2, 0.25) is 0 Å². The molecular formula is C6H12N2O. The Balaban J connectivity index is 2.47. The molecule has 0 aromatic rings. The van der Waals surface area contributed by atoms with Crippen molar-refractivity contribution in [2.75, 3.05) is 13.1 Å². The molecule has 0 bridgehead atoms. The third kappa shape index (κ3) is 1.42. The van der Waals surface area contributed by atoms with Crippen LogP contribution in [0.5, 0.6) is 0 Å². The zero-order chi connectivity index (χ0) is 6.91. The van der Waals surface area contributed by atoms with Crippen LogP contribution >= 0.6 is 0 Å². The molecule has 0 spiro atoms. The number of carbonyl (C=O) groups is 1. The molecular weight excluding hydrogens is 116 g/mol. The van der Waals surface area contributed by atoms with Crippen LogP contribution in [0.4, 0.5) is 0 Å². The molecule has 1 heterocycles. The number of amides is 1. The molecule has 0 aliphatic carbocycles. The van der Waals surface area contributed by atoms with Gasteiger partial charge in [0.05, 0.1) is 0 Å². The fourth-order valence-electron chi connectivity index (χ4n) is 1.11. The Morgan fingerprint density at radius 1 is 1.78 bits per heavy atom. The molecule has 0 saturated carbocycles. The number of carbonyl (C=O) groups excluding carboxylic acids is 1. The number of nitrogens with two attached hydrogens (primary N) is 1. The minimum Gasteiger partial charge on any atom is -0.343 e. The van der Waals surface area contributed by atoms with Gasteiger partial charge in [0.25, 0.3) is 0 Å². The van der Waals surface area contributed by atoms with Gasteiger partial charge in [-0.25, -0.2) is 0 Å². The van der Waals surface area contributed by atoms with E-state index < -0.39 is 0 Å². The van der Waals surface area contributed by atoms with Crippen LogP contribution in [0.3, 0.4) is 0 Å². The van der Waals surface area contributed by atoms with Crippen molar-refractivity contribution in [1.82, 2.24) is 4.90 Å². The number of likely N-dealkylation sites (tertiary alicyclic amines) is 1. The van der Waals surface area contributed by atoms with E-state index >= 15 is 0 Å². The summed E-state index contributed by atoms with van der Waals surface area (Å²) >= 11 is 0. The second kappa shape index (κ2) is 1.99.